The van der Waals surface area contributed by atoms with Gasteiger partial charge in [0.25, 0.3) is 5.91 Å². The Kier molecular flexibility index (Phi) is 7.84. The van der Waals surface area contributed by atoms with Crippen LogP contribution in [0.2, 0.25) is 5.02 Å². The quantitative estimate of drug-likeness (QED) is 0.415. The van der Waals surface area contributed by atoms with Crippen LogP contribution in [0.4, 0.5) is 4.39 Å². The fourth-order valence-electron chi connectivity index (χ4n) is 3.24. The number of halogens is 2. The Morgan fingerprint density at radius 2 is 1.81 bits per heavy atom. The molecule has 0 aliphatic carbocycles. The first kappa shape index (κ1) is 23.3. The largest absolute Gasteiger partial charge is 0.464 e. The van der Waals surface area contributed by atoms with Gasteiger partial charge in [-0.3, -0.25) is 9.59 Å². The van der Waals surface area contributed by atoms with Crippen molar-refractivity contribution in [3.8, 4) is 0 Å². The molecule has 0 spiro atoms. The minimum Gasteiger partial charge on any atom is -0.464 e. The van der Waals surface area contributed by atoms with E-state index in [0.717, 1.165) is 11.3 Å². The average Bonchev–Trinajstić information content (AvgIpc) is 3.18. The van der Waals surface area contributed by atoms with Crippen LogP contribution in [0.3, 0.4) is 0 Å². The minimum absolute atomic E-state index is 0.155. The summed E-state index contributed by atoms with van der Waals surface area (Å²) in [5, 5.41) is 0.437. The first-order chi connectivity index (χ1) is 15.4. The zero-order chi connectivity index (χ0) is 23.1. The zero-order valence-corrected chi connectivity index (χ0v) is 18.5. The molecule has 0 bridgehead atoms. The van der Waals surface area contributed by atoms with E-state index in [-0.39, 0.29) is 43.8 Å². The van der Waals surface area contributed by atoms with E-state index in [2.05, 4.69) is 6.58 Å². The topological polar surface area (TPSA) is 53.8 Å². The second-order valence-corrected chi connectivity index (χ2v) is 7.81. The lowest BCUT2D eigenvalue weighted by atomic mass is 10.2. The van der Waals surface area contributed by atoms with E-state index in [4.69, 9.17) is 16.0 Å². The van der Waals surface area contributed by atoms with Crippen LogP contribution >= 0.6 is 11.6 Å². The molecule has 32 heavy (non-hydrogen) atoms. The van der Waals surface area contributed by atoms with Gasteiger partial charge < -0.3 is 14.2 Å². The molecule has 0 saturated carbocycles. The molecule has 0 fully saturated rings. The number of benzene rings is 2. The summed E-state index contributed by atoms with van der Waals surface area (Å²) in [6, 6.07) is 16.2. The van der Waals surface area contributed by atoms with E-state index in [0.29, 0.717) is 16.3 Å². The van der Waals surface area contributed by atoms with Gasteiger partial charge in [0.2, 0.25) is 5.91 Å². The van der Waals surface area contributed by atoms with E-state index in [1.165, 1.54) is 17.0 Å². The summed E-state index contributed by atoms with van der Waals surface area (Å²) in [6.45, 7) is 6.02. The predicted molar refractivity (Wildman–Crippen MR) is 122 cm³/mol. The van der Waals surface area contributed by atoms with Crippen LogP contribution in [0.25, 0.3) is 0 Å². The standard InChI is InChI=1S/C25H24ClFN2O3/c1-3-13-28(25(31)20-5-4-6-21(26)14-20)17-24(30)29(16-23-12-7-18(2)32-23)15-19-8-10-22(27)11-9-19/h3-12,14H,1,13,15-17H2,2H3. The van der Waals surface area contributed by atoms with Crippen molar-refractivity contribution < 1.29 is 18.4 Å². The Morgan fingerprint density at radius 1 is 1.06 bits per heavy atom. The highest BCUT2D eigenvalue weighted by atomic mass is 35.5. The van der Waals surface area contributed by atoms with Gasteiger partial charge in [-0.05, 0) is 55.0 Å². The van der Waals surface area contributed by atoms with E-state index in [1.54, 1.807) is 53.4 Å². The second kappa shape index (κ2) is 10.8. The van der Waals surface area contributed by atoms with Gasteiger partial charge in [0.1, 0.15) is 23.9 Å². The van der Waals surface area contributed by atoms with Gasteiger partial charge >= 0.3 is 0 Å². The zero-order valence-electron chi connectivity index (χ0n) is 17.8. The van der Waals surface area contributed by atoms with Gasteiger partial charge in [-0.15, -0.1) is 6.58 Å². The Hall–Kier alpha value is -3.38. The lowest BCUT2D eigenvalue weighted by molar-refractivity contribution is -0.133. The van der Waals surface area contributed by atoms with Crippen molar-refractivity contribution in [3.05, 3.63) is 107 Å². The number of carbonyl (C=O) groups is 2. The second-order valence-electron chi connectivity index (χ2n) is 7.37. The molecule has 0 N–H and O–H groups in total. The Labute approximate surface area is 191 Å². The van der Waals surface area contributed by atoms with Crippen molar-refractivity contribution in [1.82, 2.24) is 9.80 Å². The third-order valence-electron chi connectivity index (χ3n) is 4.82. The van der Waals surface area contributed by atoms with Crippen molar-refractivity contribution in [2.75, 3.05) is 13.1 Å². The highest BCUT2D eigenvalue weighted by Gasteiger charge is 2.23. The summed E-state index contributed by atoms with van der Waals surface area (Å²) in [7, 11) is 0. The third-order valence-corrected chi connectivity index (χ3v) is 5.05. The van der Waals surface area contributed by atoms with E-state index >= 15 is 0 Å². The van der Waals surface area contributed by atoms with Crippen molar-refractivity contribution >= 4 is 23.4 Å². The van der Waals surface area contributed by atoms with E-state index < -0.39 is 0 Å². The van der Waals surface area contributed by atoms with Crippen LogP contribution in [-0.2, 0) is 17.9 Å². The average molecular weight is 455 g/mol. The number of nitrogens with zero attached hydrogens (tertiary/aromatic N) is 2. The van der Waals surface area contributed by atoms with Crippen molar-refractivity contribution in [2.45, 2.75) is 20.0 Å². The number of furan rings is 1. The van der Waals surface area contributed by atoms with E-state index in [1.807, 2.05) is 13.0 Å². The molecule has 1 aromatic heterocycles. The number of carbonyl (C=O) groups excluding carboxylic acids is 2. The minimum atomic E-state index is -0.349. The van der Waals surface area contributed by atoms with Crippen LogP contribution in [0.5, 0.6) is 0 Å². The maximum absolute atomic E-state index is 13.3. The SMILES string of the molecule is C=CCN(CC(=O)N(Cc1ccc(F)cc1)Cc1ccc(C)o1)C(=O)c1cccc(Cl)c1. The Bertz CT molecular complexity index is 1090. The molecule has 2 aromatic carbocycles. The number of aryl methyl sites for hydroxylation is 1. The predicted octanol–water partition coefficient (Wildman–Crippen LogP) is 5.24. The maximum Gasteiger partial charge on any atom is 0.254 e. The first-order valence-corrected chi connectivity index (χ1v) is 10.5. The molecule has 0 aliphatic heterocycles. The van der Waals surface area contributed by atoms with Crippen molar-refractivity contribution in [2.24, 2.45) is 0 Å². The summed E-state index contributed by atoms with van der Waals surface area (Å²) >= 11 is 6.02. The first-order valence-electron chi connectivity index (χ1n) is 10.1. The van der Waals surface area contributed by atoms with Gasteiger partial charge in [0, 0.05) is 23.7 Å². The molecule has 0 atom stereocenters. The fourth-order valence-corrected chi connectivity index (χ4v) is 3.43. The van der Waals surface area contributed by atoms with Gasteiger partial charge in [-0.1, -0.05) is 35.9 Å². The summed E-state index contributed by atoms with van der Waals surface area (Å²) in [5.41, 5.74) is 1.15. The molecule has 0 radical (unpaired) electrons. The van der Waals surface area contributed by atoms with Crippen molar-refractivity contribution in [3.63, 3.8) is 0 Å². The summed E-state index contributed by atoms with van der Waals surface area (Å²) in [6.07, 6.45) is 1.57. The molecule has 0 unspecified atom stereocenters. The maximum atomic E-state index is 13.3. The highest BCUT2D eigenvalue weighted by Crippen LogP contribution is 2.16. The molecule has 3 aromatic rings. The molecule has 0 aliphatic rings. The van der Waals surface area contributed by atoms with Gasteiger partial charge in [-0.2, -0.15) is 0 Å². The normalized spacial score (nSPS) is 10.6. The number of hydrogen-bond acceptors (Lipinski definition) is 3. The summed E-state index contributed by atoms with van der Waals surface area (Å²) in [4.78, 5) is 29.2. The molecular weight excluding hydrogens is 431 g/mol. The van der Waals surface area contributed by atoms with Crippen LogP contribution in [0.1, 0.15) is 27.4 Å². The van der Waals surface area contributed by atoms with Crippen molar-refractivity contribution in [1.29, 1.82) is 0 Å². The van der Waals surface area contributed by atoms with Crippen LogP contribution in [0, 0.1) is 12.7 Å². The number of rotatable bonds is 9. The molecular formula is C25H24ClFN2O3. The summed E-state index contributed by atoms with van der Waals surface area (Å²) < 4.78 is 18.9. The number of amides is 2. The van der Waals surface area contributed by atoms with E-state index in [9.17, 15) is 14.0 Å². The molecule has 7 heteroatoms. The molecule has 0 saturated heterocycles. The Morgan fingerprint density at radius 3 is 2.44 bits per heavy atom. The Balaban J connectivity index is 1.81. The van der Waals surface area contributed by atoms with Gasteiger partial charge in [-0.25, -0.2) is 4.39 Å². The van der Waals surface area contributed by atoms with Gasteiger partial charge in [0.05, 0.1) is 6.54 Å². The van der Waals surface area contributed by atoms with Crippen LogP contribution in [-0.4, -0.2) is 34.7 Å². The molecule has 5 nitrogen and oxygen atoms in total. The molecule has 1 heterocycles. The monoisotopic (exact) mass is 454 g/mol. The molecule has 166 valence electrons. The van der Waals surface area contributed by atoms with Gasteiger partial charge in [0.15, 0.2) is 0 Å². The lowest BCUT2D eigenvalue weighted by Gasteiger charge is -2.27. The highest BCUT2D eigenvalue weighted by molar-refractivity contribution is 6.31. The number of hydrogen-bond donors (Lipinski definition) is 0. The van der Waals surface area contributed by atoms with Crippen LogP contribution in [0.15, 0.2) is 77.7 Å². The molecule has 3 rings (SSSR count). The molecule has 2 amide bonds. The summed E-state index contributed by atoms with van der Waals surface area (Å²) in [5.74, 6) is 0.405. The van der Waals surface area contributed by atoms with Crippen LogP contribution < -0.4 is 0 Å². The lowest BCUT2D eigenvalue weighted by Crippen LogP contribution is -2.42. The smallest absolute Gasteiger partial charge is 0.254 e. The third kappa shape index (κ3) is 6.31. The fraction of sp³-hybridized carbons (Fsp3) is 0.200.